The molecule has 0 radical (unpaired) electrons. The number of rotatable bonds is 6. The zero-order valence-corrected chi connectivity index (χ0v) is 17.3. The van der Waals surface area contributed by atoms with Gasteiger partial charge in [-0.05, 0) is 31.2 Å². The number of aromatic nitrogens is 1. The summed E-state index contributed by atoms with van der Waals surface area (Å²) in [4.78, 5) is 48.0. The highest BCUT2D eigenvalue weighted by Gasteiger charge is 2.26. The fourth-order valence-corrected chi connectivity index (χ4v) is 3.43. The van der Waals surface area contributed by atoms with Crippen LogP contribution in [0.2, 0.25) is 0 Å². The molecule has 30 heavy (non-hydrogen) atoms. The molecule has 3 amide bonds. The lowest BCUT2D eigenvalue weighted by Gasteiger charge is -2.14. The van der Waals surface area contributed by atoms with E-state index in [0.717, 1.165) is 11.8 Å². The number of ether oxygens (including phenoxy) is 1. The minimum absolute atomic E-state index is 0.0381. The van der Waals surface area contributed by atoms with E-state index in [9.17, 15) is 14.4 Å². The van der Waals surface area contributed by atoms with Gasteiger partial charge in [-0.15, -0.1) is 11.3 Å². The standard InChI is InChI=1S/C18H16N6O4S2/c1-2-28-11-5-3-10(4-6-11)15(26)22-13-14(19)23-18(24-16(13)27)30-9-12(25)21-17-20-7-8-29-17/h3-8H,2,9H2,1H3,(H,20,21,25)(H2,19,23,24,27). The van der Waals surface area contributed by atoms with Gasteiger partial charge in [-0.1, -0.05) is 11.8 Å². The van der Waals surface area contributed by atoms with Crippen molar-refractivity contribution in [2.75, 3.05) is 17.7 Å². The van der Waals surface area contributed by atoms with Crippen LogP contribution < -0.4 is 15.4 Å². The molecule has 0 saturated carbocycles. The molecule has 2 aromatic rings. The summed E-state index contributed by atoms with van der Waals surface area (Å²) in [5, 5.41) is 15.2. The highest BCUT2D eigenvalue weighted by Crippen LogP contribution is 2.14. The molecule has 0 unspecified atom stereocenters. The third-order valence-corrected chi connectivity index (χ3v) is 5.08. The second-order valence-electron chi connectivity index (χ2n) is 5.62. The van der Waals surface area contributed by atoms with Crippen molar-refractivity contribution >= 4 is 62.7 Å². The number of nitrogens with one attached hydrogen (secondary N) is 3. The Hall–Kier alpha value is -3.38. The van der Waals surface area contributed by atoms with Crippen LogP contribution >= 0.6 is 23.1 Å². The average molecular weight is 444 g/mol. The lowest BCUT2D eigenvalue weighted by atomic mass is 10.2. The predicted molar refractivity (Wildman–Crippen MR) is 116 cm³/mol. The van der Waals surface area contributed by atoms with Gasteiger partial charge in [0, 0.05) is 17.1 Å². The number of hydrogen-bond acceptors (Lipinski definition) is 8. The van der Waals surface area contributed by atoms with E-state index in [1.807, 2.05) is 6.92 Å². The van der Waals surface area contributed by atoms with Crippen LogP contribution in [0.4, 0.5) is 5.13 Å². The molecule has 154 valence electrons. The van der Waals surface area contributed by atoms with Gasteiger partial charge in [0.2, 0.25) is 5.91 Å². The molecule has 3 N–H and O–H groups in total. The Kier molecular flexibility index (Phi) is 7.03. The van der Waals surface area contributed by atoms with Gasteiger partial charge in [0.05, 0.1) is 12.4 Å². The van der Waals surface area contributed by atoms with Crippen LogP contribution in [0.25, 0.3) is 0 Å². The molecule has 1 aromatic carbocycles. The van der Waals surface area contributed by atoms with Crippen LogP contribution in [0.1, 0.15) is 17.3 Å². The monoisotopic (exact) mass is 444 g/mol. The summed E-state index contributed by atoms with van der Waals surface area (Å²) in [6, 6.07) is 6.28. The number of anilines is 1. The van der Waals surface area contributed by atoms with Crippen LogP contribution in [0, 0.1) is 5.41 Å². The van der Waals surface area contributed by atoms with Crippen LogP contribution in [-0.4, -0.2) is 51.8 Å². The van der Waals surface area contributed by atoms with Crippen molar-refractivity contribution < 1.29 is 19.1 Å². The Morgan fingerprint density at radius 2 is 2.10 bits per heavy atom. The van der Waals surface area contributed by atoms with Gasteiger partial charge in [0.15, 0.2) is 21.8 Å². The molecule has 1 aliphatic rings. The van der Waals surface area contributed by atoms with Gasteiger partial charge in [-0.2, -0.15) is 4.99 Å². The van der Waals surface area contributed by atoms with Gasteiger partial charge >= 0.3 is 0 Å². The van der Waals surface area contributed by atoms with Crippen LogP contribution in [0.3, 0.4) is 0 Å². The third kappa shape index (κ3) is 5.58. The fraction of sp³-hybridized carbons (Fsp3) is 0.167. The van der Waals surface area contributed by atoms with E-state index in [2.05, 4.69) is 25.6 Å². The Labute approximate surface area is 179 Å². The second kappa shape index (κ2) is 9.89. The summed E-state index contributed by atoms with van der Waals surface area (Å²) in [6.07, 6.45) is 1.57. The number of hydrogen-bond donors (Lipinski definition) is 3. The molecule has 1 aromatic heterocycles. The Morgan fingerprint density at radius 1 is 1.33 bits per heavy atom. The van der Waals surface area contributed by atoms with Crippen LogP contribution in [0.5, 0.6) is 5.75 Å². The average Bonchev–Trinajstić information content (AvgIpc) is 3.23. The molecule has 3 rings (SSSR count). The van der Waals surface area contributed by atoms with Gasteiger partial charge in [-0.3, -0.25) is 25.1 Å². The quantitative estimate of drug-likeness (QED) is 0.621. The zero-order valence-electron chi connectivity index (χ0n) is 15.7. The topological polar surface area (TPSA) is 146 Å². The smallest absolute Gasteiger partial charge is 0.279 e. The molecular formula is C18H16N6O4S2. The molecule has 0 spiro atoms. The first-order valence-electron chi connectivity index (χ1n) is 8.63. The number of aliphatic imine (C=N–C) groups is 2. The van der Waals surface area contributed by atoms with E-state index in [0.29, 0.717) is 17.5 Å². The Balaban J connectivity index is 1.62. The minimum atomic E-state index is -0.739. The molecule has 0 saturated heterocycles. The third-order valence-electron chi connectivity index (χ3n) is 3.52. The SMILES string of the molecule is CCOc1ccc(C(=O)N=C2C(=N)N=C(SCC(=O)Nc3nccs3)NC2=O)cc1. The van der Waals surface area contributed by atoms with Crippen molar-refractivity contribution in [2.45, 2.75) is 6.92 Å². The lowest BCUT2D eigenvalue weighted by Crippen LogP contribution is -2.43. The van der Waals surface area contributed by atoms with Crippen LogP contribution in [0.15, 0.2) is 45.8 Å². The molecule has 2 heterocycles. The predicted octanol–water partition coefficient (Wildman–Crippen LogP) is 1.96. The number of amidine groups is 2. The summed E-state index contributed by atoms with van der Waals surface area (Å²) < 4.78 is 5.31. The van der Waals surface area contributed by atoms with E-state index in [1.165, 1.54) is 23.5 Å². The number of nitrogens with zero attached hydrogens (tertiary/aromatic N) is 3. The van der Waals surface area contributed by atoms with Crippen molar-refractivity contribution in [3.8, 4) is 5.75 Å². The molecule has 0 aliphatic carbocycles. The Bertz CT molecular complexity index is 1030. The molecule has 0 bridgehead atoms. The molecule has 0 fully saturated rings. The maximum Gasteiger partial charge on any atom is 0.279 e. The first-order chi connectivity index (χ1) is 14.5. The minimum Gasteiger partial charge on any atom is -0.494 e. The number of thiazole rings is 1. The molecule has 0 atom stereocenters. The summed E-state index contributed by atoms with van der Waals surface area (Å²) >= 11 is 2.23. The molecule has 12 heteroatoms. The fourth-order valence-electron chi connectivity index (χ4n) is 2.22. The van der Waals surface area contributed by atoms with E-state index in [-0.39, 0.29) is 22.4 Å². The highest BCUT2D eigenvalue weighted by atomic mass is 32.2. The largest absolute Gasteiger partial charge is 0.494 e. The van der Waals surface area contributed by atoms with Crippen molar-refractivity contribution in [3.63, 3.8) is 0 Å². The summed E-state index contributed by atoms with van der Waals surface area (Å²) in [6.45, 7) is 2.34. The summed E-state index contributed by atoms with van der Waals surface area (Å²) in [5.41, 5.74) is -0.153. The molecule has 1 aliphatic heterocycles. The van der Waals surface area contributed by atoms with Gasteiger partial charge < -0.3 is 10.1 Å². The first-order valence-corrected chi connectivity index (χ1v) is 10.5. The Morgan fingerprint density at radius 3 is 2.73 bits per heavy atom. The van der Waals surface area contributed by atoms with Gasteiger partial charge in [0.25, 0.3) is 11.8 Å². The molecular weight excluding hydrogens is 428 g/mol. The lowest BCUT2D eigenvalue weighted by molar-refractivity contribution is -0.114. The van der Waals surface area contributed by atoms with Crippen molar-refractivity contribution in [2.24, 2.45) is 9.98 Å². The van der Waals surface area contributed by atoms with E-state index >= 15 is 0 Å². The van der Waals surface area contributed by atoms with Gasteiger partial charge in [0.1, 0.15) is 5.75 Å². The maximum absolute atomic E-state index is 12.3. The highest BCUT2D eigenvalue weighted by molar-refractivity contribution is 8.14. The summed E-state index contributed by atoms with van der Waals surface area (Å²) in [5.74, 6) is -1.64. The number of benzene rings is 1. The van der Waals surface area contributed by atoms with E-state index in [1.54, 1.807) is 23.7 Å². The summed E-state index contributed by atoms with van der Waals surface area (Å²) in [7, 11) is 0. The van der Waals surface area contributed by atoms with E-state index < -0.39 is 23.4 Å². The maximum atomic E-state index is 12.3. The number of carbonyl (C=O) groups excluding carboxylic acids is 3. The number of thioether (sulfide) groups is 1. The number of amides is 3. The van der Waals surface area contributed by atoms with Crippen molar-refractivity contribution in [1.82, 2.24) is 10.3 Å². The second-order valence-corrected chi connectivity index (χ2v) is 7.48. The van der Waals surface area contributed by atoms with Gasteiger partial charge in [-0.25, -0.2) is 9.98 Å². The van der Waals surface area contributed by atoms with Crippen molar-refractivity contribution in [1.29, 1.82) is 5.41 Å². The number of carbonyl (C=O) groups is 3. The van der Waals surface area contributed by atoms with E-state index in [4.69, 9.17) is 10.1 Å². The zero-order chi connectivity index (χ0) is 21.5. The molecule has 10 nitrogen and oxygen atoms in total. The van der Waals surface area contributed by atoms with Crippen LogP contribution in [-0.2, 0) is 9.59 Å². The normalized spacial score (nSPS) is 14.8. The van der Waals surface area contributed by atoms with Crippen molar-refractivity contribution in [3.05, 3.63) is 41.4 Å². The first kappa shape index (κ1) is 21.3.